The van der Waals surface area contributed by atoms with Crippen LogP contribution in [0.5, 0.6) is 0 Å². The van der Waals surface area contributed by atoms with Crippen LogP contribution in [0.1, 0.15) is 61.9 Å². The molecule has 7 heteroatoms. The number of benzene rings is 1. The number of carbonyl (C=O) groups is 1. The Bertz CT molecular complexity index is 902. The Labute approximate surface area is 174 Å². The van der Waals surface area contributed by atoms with Gasteiger partial charge < -0.3 is 5.32 Å². The van der Waals surface area contributed by atoms with E-state index < -0.39 is 17.3 Å². The molecule has 2 aromatic rings. The molecular formula is C23H26F3N3O. The van der Waals surface area contributed by atoms with E-state index in [2.05, 4.69) is 15.2 Å². The van der Waals surface area contributed by atoms with Crippen molar-refractivity contribution >= 4 is 5.91 Å². The van der Waals surface area contributed by atoms with E-state index in [1.165, 1.54) is 12.1 Å². The van der Waals surface area contributed by atoms with Gasteiger partial charge in [-0.25, -0.2) is 0 Å². The summed E-state index contributed by atoms with van der Waals surface area (Å²) in [6.07, 6.45) is 1.03. The zero-order valence-electron chi connectivity index (χ0n) is 17.0. The van der Waals surface area contributed by atoms with Gasteiger partial charge in [0.25, 0.3) is 0 Å². The maximum Gasteiger partial charge on any atom is 0.416 e. The fourth-order valence-corrected chi connectivity index (χ4v) is 4.99. The molecule has 1 aromatic heterocycles. The fourth-order valence-electron chi connectivity index (χ4n) is 4.99. The molecule has 4 nitrogen and oxygen atoms in total. The summed E-state index contributed by atoms with van der Waals surface area (Å²) in [7, 11) is 0. The maximum absolute atomic E-state index is 13.3. The summed E-state index contributed by atoms with van der Waals surface area (Å²) in [4.78, 5) is 19.1. The molecular weight excluding hydrogens is 391 g/mol. The fraction of sp³-hybridized carbons (Fsp3) is 0.478. The number of pyridine rings is 1. The number of nitrogens with zero attached hydrogens (tertiary/aromatic N) is 2. The number of amides is 1. The van der Waals surface area contributed by atoms with E-state index in [0.29, 0.717) is 24.9 Å². The van der Waals surface area contributed by atoms with Crippen LogP contribution in [-0.4, -0.2) is 27.4 Å². The topological polar surface area (TPSA) is 45.2 Å². The highest BCUT2D eigenvalue weighted by Gasteiger charge is 2.50. The molecule has 2 aliphatic heterocycles. The van der Waals surface area contributed by atoms with Crippen molar-refractivity contribution in [3.63, 3.8) is 0 Å². The second-order valence-electron chi connectivity index (χ2n) is 8.56. The summed E-state index contributed by atoms with van der Waals surface area (Å²) in [5.41, 5.74) is 0.358. The zero-order valence-corrected chi connectivity index (χ0v) is 17.0. The van der Waals surface area contributed by atoms with Crippen LogP contribution in [0, 0.1) is 0 Å². The first-order valence-electron chi connectivity index (χ1n) is 10.4. The predicted octanol–water partition coefficient (Wildman–Crippen LogP) is 4.86. The molecule has 0 radical (unpaired) electrons. The summed E-state index contributed by atoms with van der Waals surface area (Å²) in [5, 5.41) is 3.19. The van der Waals surface area contributed by atoms with Crippen molar-refractivity contribution in [3.05, 3.63) is 65.5 Å². The highest BCUT2D eigenvalue weighted by Crippen LogP contribution is 2.46. The first-order valence-corrected chi connectivity index (χ1v) is 10.4. The van der Waals surface area contributed by atoms with Gasteiger partial charge in [0.05, 0.1) is 16.8 Å². The molecule has 0 saturated carbocycles. The number of hydrogen-bond acceptors (Lipinski definition) is 3. The Hall–Kier alpha value is -2.41. The van der Waals surface area contributed by atoms with Gasteiger partial charge in [0.1, 0.15) is 0 Å². The van der Waals surface area contributed by atoms with Crippen molar-refractivity contribution in [2.75, 3.05) is 0 Å². The van der Waals surface area contributed by atoms with E-state index in [-0.39, 0.29) is 18.0 Å². The van der Waals surface area contributed by atoms with E-state index in [4.69, 9.17) is 0 Å². The van der Waals surface area contributed by atoms with Crippen molar-refractivity contribution in [1.29, 1.82) is 0 Å². The standard InChI is InChI=1S/C23H26F3N3O/c1-22-14-19(16-7-6-8-17(13-16)23(24,25)26)29(15-18-9-4-5-12-27-18)20(22)10-2-3-11-21(30)28-22/h4-9,12-13,19-20H,2-3,10-11,14-15H2,1H3,(H,28,30)/t19-,20-,22-/m0/s1. The van der Waals surface area contributed by atoms with E-state index in [9.17, 15) is 18.0 Å². The van der Waals surface area contributed by atoms with Gasteiger partial charge in [0, 0.05) is 31.2 Å². The Morgan fingerprint density at radius 1 is 1.20 bits per heavy atom. The molecule has 2 saturated heterocycles. The van der Waals surface area contributed by atoms with Crippen molar-refractivity contribution < 1.29 is 18.0 Å². The van der Waals surface area contributed by atoms with Crippen LogP contribution in [0.2, 0.25) is 0 Å². The molecule has 2 aliphatic rings. The molecule has 1 amide bonds. The second-order valence-corrected chi connectivity index (χ2v) is 8.56. The molecule has 3 atom stereocenters. The molecule has 1 N–H and O–H groups in total. The normalized spacial score (nSPS) is 27.8. The first-order chi connectivity index (χ1) is 14.3. The van der Waals surface area contributed by atoms with Gasteiger partial charge in [-0.2, -0.15) is 13.2 Å². The van der Waals surface area contributed by atoms with Crippen molar-refractivity contribution in [2.45, 2.75) is 69.4 Å². The molecule has 0 spiro atoms. The lowest BCUT2D eigenvalue weighted by Crippen LogP contribution is -2.55. The van der Waals surface area contributed by atoms with Crippen LogP contribution in [0.15, 0.2) is 48.7 Å². The van der Waals surface area contributed by atoms with Crippen LogP contribution in [-0.2, 0) is 17.5 Å². The SMILES string of the molecule is C[C@]12C[C@@H](c3cccc(C(F)(F)F)c3)N(Cc3ccccn3)[C@H]1CCCCC(=O)N2. The molecule has 2 fully saturated rings. The van der Waals surface area contributed by atoms with Gasteiger partial charge in [0.2, 0.25) is 5.91 Å². The number of hydrogen-bond donors (Lipinski definition) is 1. The minimum atomic E-state index is -4.39. The van der Waals surface area contributed by atoms with Crippen LogP contribution < -0.4 is 5.32 Å². The van der Waals surface area contributed by atoms with Gasteiger partial charge in [-0.3, -0.25) is 14.7 Å². The number of alkyl halides is 3. The minimum Gasteiger partial charge on any atom is -0.349 e. The van der Waals surface area contributed by atoms with Crippen molar-refractivity contribution in [3.8, 4) is 0 Å². The van der Waals surface area contributed by atoms with Crippen LogP contribution in [0.4, 0.5) is 13.2 Å². The van der Waals surface area contributed by atoms with Gasteiger partial charge in [-0.1, -0.05) is 24.6 Å². The number of fused-ring (bicyclic) bond motifs is 1. The average molecular weight is 417 g/mol. The highest BCUT2D eigenvalue weighted by molar-refractivity contribution is 5.77. The number of rotatable bonds is 3. The molecule has 4 rings (SSSR count). The number of nitrogens with one attached hydrogen (secondary N) is 1. The second kappa shape index (κ2) is 8.02. The molecule has 0 bridgehead atoms. The van der Waals surface area contributed by atoms with Crippen molar-refractivity contribution in [2.24, 2.45) is 0 Å². The van der Waals surface area contributed by atoms with Gasteiger partial charge >= 0.3 is 6.18 Å². The van der Waals surface area contributed by atoms with E-state index in [0.717, 1.165) is 31.0 Å². The van der Waals surface area contributed by atoms with Gasteiger partial charge in [0.15, 0.2) is 0 Å². The first kappa shape index (κ1) is 20.8. The number of aromatic nitrogens is 1. The molecule has 30 heavy (non-hydrogen) atoms. The third kappa shape index (κ3) is 4.21. The molecule has 0 unspecified atom stereocenters. The maximum atomic E-state index is 13.3. The average Bonchev–Trinajstić information content (AvgIpc) is 2.95. The summed E-state index contributed by atoms with van der Waals surface area (Å²) >= 11 is 0. The lowest BCUT2D eigenvalue weighted by Gasteiger charge is -2.38. The highest BCUT2D eigenvalue weighted by atomic mass is 19.4. The summed E-state index contributed by atoms with van der Waals surface area (Å²) in [6, 6.07) is 11.1. The van der Waals surface area contributed by atoms with E-state index in [1.807, 2.05) is 25.1 Å². The van der Waals surface area contributed by atoms with Crippen LogP contribution in [0.25, 0.3) is 0 Å². The lowest BCUT2D eigenvalue weighted by atomic mass is 9.85. The van der Waals surface area contributed by atoms with Crippen LogP contribution >= 0.6 is 0 Å². The third-order valence-electron chi connectivity index (χ3n) is 6.38. The number of halogens is 3. The third-order valence-corrected chi connectivity index (χ3v) is 6.38. The zero-order chi connectivity index (χ0) is 21.4. The lowest BCUT2D eigenvalue weighted by molar-refractivity contribution is -0.137. The summed E-state index contributed by atoms with van der Waals surface area (Å²) < 4.78 is 40.0. The monoisotopic (exact) mass is 417 g/mol. The molecule has 0 aliphatic carbocycles. The smallest absolute Gasteiger partial charge is 0.349 e. The molecule has 1 aromatic carbocycles. The van der Waals surface area contributed by atoms with E-state index >= 15 is 0 Å². The van der Waals surface area contributed by atoms with E-state index in [1.54, 1.807) is 12.3 Å². The predicted molar refractivity (Wildman–Crippen MR) is 107 cm³/mol. The summed E-state index contributed by atoms with van der Waals surface area (Å²) in [5.74, 6) is 0.0182. The van der Waals surface area contributed by atoms with Gasteiger partial charge in [-0.15, -0.1) is 0 Å². The minimum absolute atomic E-state index is 0.0182. The van der Waals surface area contributed by atoms with Gasteiger partial charge in [-0.05, 0) is 56.0 Å². The largest absolute Gasteiger partial charge is 0.416 e. The Morgan fingerprint density at radius 3 is 2.77 bits per heavy atom. The Balaban J connectivity index is 1.74. The number of likely N-dealkylation sites (tertiary alicyclic amines) is 1. The quantitative estimate of drug-likeness (QED) is 0.775. The molecule has 3 heterocycles. The Morgan fingerprint density at radius 2 is 2.03 bits per heavy atom. The van der Waals surface area contributed by atoms with Crippen LogP contribution in [0.3, 0.4) is 0 Å². The molecule has 160 valence electrons. The number of carbonyl (C=O) groups excluding carboxylic acids is 1. The Kier molecular flexibility index (Phi) is 5.57. The van der Waals surface area contributed by atoms with Crippen molar-refractivity contribution in [1.82, 2.24) is 15.2 Å². The summed E-state index contributed by atoms with van der Waals surface area (Å²) in [6.45, 7) is 2.55.